The van der Waals surface area contributed by atoms with Gasteiger partial charge in [0.15, 0.2) is 8.32 Å². The first-order valence-electron chi connectivity index (χ1n) is 11.3. The SMILES string of the molecule is CCC(CCO[Si](C)(Cc1ccc(F)cc1OCc1ccccc1)C(C)(C)C)OS(C)(=O)=O. The molecule has 0 aliphatic carbocycles. The molecule has 0 bridgehead atoms. The van der Waals surface area contributed by atoms with E-state index in [-0.39, 0.29) is 10.9 Å². The highest BCUT2D eigenvalue weighted by molar-refractivity contribution is 7.86. The van der Waals surface area contributed by atoms with Gasteiger partial charge < -0.3 is 9.16 Å². The topological polar surface area (TPSA) is 61.8 Å². The zero-order chi connectivity index (χ0) is 24.7. The molecular weight excluding hydrogens is 459 g/mol. The second-order valence-corrected chi connectivity index (χ2v) is 15.9. The molecule has 33 heavy (non-hydrogen) atoms. The van der Waals surface area contributed by atoms with E-state index in [4.69, 9.17) is 13.3 Å². The van der Waals surface area contributed by atoms with Gasteiger partial charge in [-0.2, -0.15) is 8.42 Å². The van der Waals surface area contributed by atoms with Crippen LogP contribution in [0, 0.1) is 5.82 Å². The van der Waals surface area contributed by atoms with Crippen LogP contribution in [0.15, 0.2) is 48.5 Å². The zero-order valence-electron chi connectivity index (χ0n) is 20.6. The van der Waals surface area contributed by atoms with Gasteiger partial charge in [0, 0.05) is 12.7 Å². The summed E-state index contributed by atoms with van der Waals surface area (Å²) in [7, 11) is -5.91. The van der Waals surface area contributed by atoms with Crippen LogP contribution in [-0.4, -0.2) is 35.7 Å². The summed E-state index contributed by atoms with van der Waals surface area (Å²) in [5.41, 5.74) is 1.92. The van der Waals surface area contributed by atoms with Crippen molar-refractivity contribution in [3.63, 3.8) is 0 Å². The van der Waals surface area contributed by atoms with E-state index in [2.05, 4.69) is 27.3 Å². The van der Waals surface area contributed by atoms with Gasteiger partial charge in [-0.1, -0.05) is 64.1 Å². The van der Waals surface area contributed by atoms with E-state index in [1.54, 1.807) is 6.07 Å². The quantitative estimate of drug-likeness (QED) is 0.265. The van der Waals surface area contributed by atoms with Crippen molar-refractivity contribution in [2.24, 2.45) is 0 Å². The Kier molecular flexibility index (Phi) is 9.66. The maximum atomic E-state index is 14.0. The molecule has 0 saturated carbocycles. The Balaban J connectivity index is 2.17. The molecule has 5 nitrogen and oxygen atoms in total. The molecule has 8 heteroatoms. The van der Waals surface area contributed by atoms with E-state index in [1.807, 2.05) is 37.3 Å². The van der Waals surface area contributed by atoms with Crippen LogP contribution >= 0.6 is 0 Å². The summed E-state index contributed by atoms with van der Waals surface area (Å²) < 4.78 is 54.7. The molecule has 2 atom stereocenters. The highest BCUT2D eigenvalue weighted by Gasteiger charge is 2.42. The van der Waals surface area contributed by atoms with Crippen LogP contribution in [-0.2, 0) is 31.4 Å². The standard InChI is InChI=1S/C25H37FO5SSi/c1-7-23(31-32(5,27)28)15-16-30-33(6,25(2,3)4)19-21-13-14-22(26)17-24(21)29-18-20-11-9-8-10-12-20/h8-14,17,23H,7,15-16,18-19H2,1-6H3. The number of hydrogen-bond donors (Lipinski definition) is 0. The van der Waals surface area contributed by atoms with Gasteiger partial charge in [0.2, 0.25) is 0 Å². The summed E-state index contributed by atoms with van der Waals surface area (Å²) in [6.07, 6.45) is 1.73. The maximum Gasteiger partial charge on any atom is 0.264 e. The van der Waals surface area contributed by atoms with Crippen molar-refractivity contribution >= 4 is 18.4 Å². The third-order valence-electron chi connectivity index (χ3n) is 6.01. The Hall–Kier alpha value is -1.74. The van der Waals surface area contributed by atoms with E-state index in [0.717, 1.165) is 17.4 Å². The Bertz CT molecular complexity index is 992. The minimum Gasteiger partial charge on any atom is -0.489 e. The molecule has 2 unspecified atom stereocenters. The van der Waals surface area contributed by atoms with Crippen LogP contribution in [0.1, 0.15) is 51.7 Å². The molecule has 184 valence electrons. The smallest absolute Gasteiger partial charge is 0.264 e. The molecule has 2 aromatic rings. The van der Waals surface area contributed by atoms with Crippen molar-refractivity contribution in [2.45, 2.75) is 70.9 Å². The van der Waals surface area contributed by atoms with Gasteiger partial charge in [-0.05, 0) is 47.7 Å². The van der Waals surface area contributed by atoms with Gasteiger partial charge in [0.05, 0.1) is 12.4 Å². The molecule has 0 fully saturated rings. The molecule has 2 rings (SSSR count). The van der Waals surface area contributed by atoms with Gasteiger partial charge >= 0.3 is 0 Å². The van der Waals surface area contributed by atoms with Crippen LogP contribution in [0.2, 0.25) is 11.6 Å². The van der Waals surface area contributed by atoms with Crippen molar-refractivity contribution in [1.82, 2.24) is 0 Å². The number of rotatable bonds is 12. The van der Waals surface area contributed by atoms with E-state index in [1.165, 1.54) is 12.1 Å². The second kappa shape index (κ2) is 11.6. The summed E-state index contributed by atoms with van der Waals surface area (Å²) in [4.78, 5) is 0. The van der Waals surface area contributed by atoms with Crippen molar-refractivity contribution in [2.75, 3.05) is 12.9 Å². The normalized spacial score (nSPS) is 15.1. The number of ether oxygens (including phenoxy) is 1. The minimum atomic E-state index is -3.51. The number of hydrogen-bond acceptors (Lipinski definition) is 5. The highest BCUT2D eigenvalue weighted by atomic mass is 32.2. The molecular formula is C25H37FO5SSi. The average molecular weight is 497 g/mol. The molecule has 2 aromatic carbocycles. The van der Waals surface area contributed by atoms with Crippen LogP contribution in [0.3, 0.4) is 0 Å². The summed E-state index contributed by atoms with van der Waals surface area (Å²) >= 11 is 0. The fourth-order valence-corrected chi connectivity index (χ4v) is 6.80. The lowest BCUT2D eigenvalue weighted by molar-refractivity contribution is 0.159. The number of halogens is 1. The molecule has 0 aliphatic heterocycles. The lowest BCUT2D eigenvalue weighted by atomic mass is 10.2. The first kappa shape index (κ1) is 27.5. The van der Waals surface area contributed by atoms with Crippen molar-refractivity contribution in [3.05, 3.63) is 65.5 Å². The summed E-state index contributed by atoms with van der Waals surface area (Å²) in [6, 6.07) is 15.1. The van der Waals surface area contributed by atoms with E-state index < -0.39 is 24.5 Å². The molecule has 0 aliphatic rings. The predicted molar refractivity (Wildman–Crippen MR) is 133 cm³/mol. The molecule has 0 radical (unpaired) electrons. The van der Waals surface area contributed by atoms with Crippen LogP contribution < -0.4 is 4.74 Å². The number of benzene rings is 2. The summed E-state index contributed by atoms with van der Waals surface area (Å²) in [5, 5.41) is -0.114. The average Bonchev–Trinajstić information content (AvgIpc) is 2.72. The van der Waals surface area contributed by atoms with Gasteiger partial charge in [0.1, 0.15) is 18.2 Å². The second-order valence-electron chi connectivity index (χ2n) is 9.65. The maximum absolute atomic E-state index is 14.0. The highest BCUT2D eigenvalue weighted by Crippen LogP contribution is 2.40. The van der Waals surface area contributed by atoms with Crippen LogP contribution in [0.25, 0.3) is 0 Å². The van der Waals surface area contributed by atoms with E-state index in [9.17, 15) is 12.8 Å². The summed E-state index contributed by atoms with van der Waals surface area (Å²) in [6.45, 7) is 11.3. The lowest BCUT2D eigenvalue weighted by Gasteiger charge is -2.40. The van der Waals surface area contributed by atoms with Gasteiger partial charge in [-0.15, -0.1) is 0 Å². The molecule has 0 aromatic heterocycles. The van der Waals surface area contributed by atoms with Crippen molar-refractivity contribution < 1.29 is 26.2 Å². The third kappa shape index (κ3) is 8.85. The van der Waals surface area contributed by atoms with Gasteiger partial charge in [-0.25, -0.2) is 4.39 Å². The fraction of sp³-hybridized carbons (Fsp3) is 0.520. The van der Waals surface area contributed by atoms with Crippen molar-refractivity contribution in [1.29, 1.82) is 0 Å². The largest absolute Gasteiger partial charge is 0.489 e. The molecule has 0 saturated heterocycles. The minimum absolute atomic E-state index is 0.114. The third-order valence-corrected chi connectivity index (χ3v) is 11.7. The molecule has 0 spiro atoms. The predicted octanol–water partition coefficient (Wildman–Crippen LogP) is 6.02. The first-order chi connectivity index (χ1) is 15.3. The van der Waals surface area contributed by atoms with Crippen LogP contribution in [0.5, 0.6) is 5.75 Å². The van der Waals surface area contributed by atoms with E-state index in [0.29, 0.717) is 37.8 Å². The summed E-state index contributed by atoms with van der Waals surface area (Å²) in [5.74, 6) is 0.183. The Morgan fingerprint density at radius 3 is 2.33 bits per heavy atom. The van der Waals surface area contributed by atoms with Gasteiger partial charge in [0.25, 0.3) is 10.1 Å². The van der Waals surface area contributed by atoms with E-state index >= 15 is 0 Å². The fourth-order valence-electron chi connectivity index (χ4n) is 3.42. The van der Waals surface area contributed by atoms with Crippen LogP contribution in [0.4, 0.5) is 4.39 Å². The molecule has 0 N–H and O–H groups in total. The Morgan fingerprint density at radius 1 is 1.09 bits per heavy atom. The Morgan fingerprint density at radius 2 is 1.76 bits per heavy atom. The lowest BCUT2D eigenvalue weighted by Crippen LogP contribution is -2.47. The Labute approximate surface area is 199 Å². The zero-order valence-corrected chi connectivity index (χ0v) is 22.4. The van der Waals surface area contributed by atoms with Crippen molar-refractivity contribution in [3.8, 4) is 5.75 Å². The first-order valence-corrected chi connectivity index (χ1v) is 15.7. The van der Waals surface area contributed by atoms with Gasteiger partial charge in [-0.3, -0.25) is 4.18 Å². The molecule has 0 heterocycles. The monoisotopic (exact) mass is 496 g/mol. The molecule has 0 amide bonds.